The molecule has 3 rings (SSSR count). The van der Waals surface area contributed by atoms with E-state index in [-0.39, 0.29) is 5.91 Å². The van der Waals surface area contributed by atoms with Crippen LogP contribution in [0.2, 0.25) is 10.0 Å². The Morgan fingerprint density at radius 2 is 1.93 bits per heavy atom. The number of nitrogen functional groups attached to an aromatic ring is 1. The molecule has 1 aromatic carbocycles. The van der Waals surface area contributed by atoms with Crippen LogP contribution in [0.15, 0.2) is 36.5 Å². The number of benzene rings is 1. The van der Waals surface area contributed by atoms with E-state index in [0.29, 0.717) is 27.5 Å². The van der Waals surface area contributed by atoms with Crippen LogP contribution in [-0.2, 0) is 4.79 Å². The summed E-state index contributed by atoms with van der Waals surface area (Å²) in [5, 5.41) is 6.89. The molecule has 1 heterocycles. The van der Waals surface area contributed by atoms with Gasteiger partial charge in [-0.25, -0.2) is 4.98 Å². The van der Waals surface area contributed by atoms with Crippen LogP contribution in [0.25, 0.3) is 6.08 Å². The Balaban J connectivity index is 1.68. The zero-order valence-corrected chi connectivity index (χ0v) is 16.4. The topological polar surface area (TPSA) is 80.0 Å². The molecule has 7 heteroatoms. The molecule has 1 saturated carbocycles. The van der Waals surface area contributed by atoms with E-state index in [9.17, 15) is 4.79 Å². The smallest absolute Gasteiger partial charge is 0.248 e. The number of carbonyl (C=O) groups excluding carboxylic acids is 1. The van der Waals surface area contributed by atoms with E-state index in [0.717, 1.165) is 24.2 Å². The predicted octanol–water partition coefficient (Wildman–Crippen LogP) is 5.37. The minimum Gasteiger partial charge on any atom is -0.397 e. The van der Waals surface area contributed by atoms with E-state index in [2.05, 4.69) is 15.6 Å². The second-order valence-electron chi connectivity index (χ2n) is 6.60. The predicted molar refractivity (Wildman–Crippen MR) is 113 cm³/mol. The minimum atomic E-state index is -0.312. The number of aromatic nitrogens is 1. The molecule has 0 aliphatic heterocycles. The fourth-order valence-corrected chi connectivity index (χ4v) is 3.46. The number of carbonyl (C=O) groups is 1. The van der Waals surface area contributed by atoms with Gasteiger partial charge in [0.1, 0.15) is 5.82 Å². The van der Waals surface area contributed by atoms with Crippen molar-refractivity contribution in [2.24, 2.45) is 0 Å². The minimum absolute atomic E-state index is 0.312. The van der Waals surface area contributed by atoms with E-state index in [1.54, 1.807) is 12.3 Å². The van der Waals surface area contributed by atoms with Gasteiger partial charge in [-0.1, -0.05) is 42.5 Å². The molecule has 142 valence electrons. The molecule has 0 spiro atoms. The largest absolute Gasteiger partial charge is 0.397 e. The molecular formula is C20H22Cl2N4O. The van der Waals surface area contributed by atoms with Crippen molar-refractivity contribution in [3.63, 3.8) is 0 Å². The van der Waals surface area contributed by atoms with Gasteiger partial charge in [-0.05, 0) is 43.2 Å². The van der Waals surface area contributed by atoms with Gasteiger partial charge in [0, 0.05) is 23.9 Å². The van der Waals surface area contributed by atoms with Crippen molar-refractivity contribution in [3.05, 3.63) is 52.1 Å². The van der Waals surface area contributed by atoms with E-state index in [1.165, 1.54) is 37.5 Å². The molecule has 0 radical (unpaired) electrons. The van der Waals surface area contributed by atoms with E-state index < -0.39 is 0 Å². The molecule has 0 atom stereocenters. The van der Waals surface area contributed by atoms with E-state index in [1.807, 2.05) is 12.1 Å². The van der Waals surface area contributed by atoms with Crippen LogP contribution >= 0.6 is 23.2 Å². The molecule has 0 bridgehead atoms. The average Bonchev–Trinajstić information content (AvgIpc) is 2.66. The number of hydrogen-bond donors (Lipinski definition) is 3. The Bertz CT molecular complexity index is 848. The van der Waals surface area contributed by atoms with Crippen LogP contribution < -0.4 is 16.4 Å². The second-order valence-corrected chi connectivity index (χ2v) is 7.41. The number of hydrogen-bond acceptors (Lipinski definition) is 4. The van der Waals surface area contributed by atoms with E-state index >= 15 is 0 Å². The highest BCUT2D eigenvalue weighted by Crippen LogP contribution is 2.30. The number of nitrogens with two attached hydrogens (primary N) is 1. The third kappa shape index (κ3) is 5.37. The summed E-state index contributed by atoms with van der Waals surface area (Å²) in [4.78, 5) is 16.7. The van der Waals surface area contributed by atoms with Crippen molar-refractivity contribution in [2.45, 2.75) is 38.1 Å². The van der Waals surface area contributed by atoms with Crippen molar-refractivity contribution >= 4 is 52.4 Å². The second kappa shape index (κ2) is 9.11. The summed E-state index contributed by atoms with van der Waals surface area (Å²) in [7, 11) is 0. The zero-order valence-electron chi connectivity index (χ0n) is 14.8. The first-order valence-electron chi connectivity index (χ1n) is 8.98. The van der Waals surface area contributed by atoms with Crippen LogP contribution in [0, 0.1) is 0 Å². The Kier molecular flexibility index (Phi) is 6.58. The van der Waals surface area contributed by atoms with Crippen LogP contribution in [-0.4, -0.2) is 16.9 Å². The molecule has 4 N–H and O–H groups in total. The summed E-state index contributed by atoms with van der Waals surface area (Å²) < 4.78 is 0. The van der Waals surface area contributed by atoms with Gasteiger partial charge < -0.3 is 16.4 Å². The van der Waals surface area contributed by atoms with Crippen molar-refractivity contribution in [3.8, 4) is 0 Å². The van der Waals surface area contributed by atoms with Crippen LogP contribution in [0.4, 0.5) is 17.2 Å². The SMILES string of the molecule is Nc1cc(Cl)c(Cl)cc1NC(=O)/C=C/c1cccnc1NC1CCCCC1. The fourth-order valence-electron chi connectivity index (χ4n) is 3.12. The maximum Gasteiger partial charge on any atom is 0.248 e. The first kappa shape index (κ1) is 19.5. The molecule has 1 aliphatic carbocycles. The van der Waals surface area contributed by atoms with Crippen LogP contribution in [0.1, 0.15) is 37.7 Å². The normalized spacial score (nSPS) is 15.0. The number of anilines is 3. The monoisotopic (exact) mass is 404 g/mol. The summed E-state index contributed by atoms with van der Waals surface area (Å²) >= 11 is 11.9. The summed E-state index contributed by atoms with van der Waals surface area (Å²) in [6, 6.07) is 7.25. The Hall–Kier alpha value is -2.24. The molecule has 1 aromatic heterocycles. The summed E-state index contributed by atoms with van der Waals surface area (Å²) in [6.07, 6.45) is 11.0. The highest BCUT2D eigenvalue weighted by Gasteiger charge is 2.14. The Morgan fingerprint density at radius 3 is 2.70 bits per heavy atom. The highest BCUT2D eigenvalue weighted by atomic mass is 35.5. The van der Waals surface area contributed by atoms with Gasteiger partial charge in [0.05, 0.1) is 21.4 Å². The quantitative estimate of drug-likeness (QED) is 0.462. The number of amides is 1. The molecule has 1 aliphatic rings. The average molecular weight is 405 g/mol. The molecule has 0 unspecified atom stereocenters. The summed E-state index contributed by atoms with van der Waals surface area (Å²) in [5.74, 6) is 0.482. The van der Waals surface area contributed by atoms with Crippen molar-refractivity contribution in [1.82, 2.24) is 4.98 Å². The number of nitrogens with zero attached hydrogens (tertiary/aromatic N) is 1. The Labute approximate surface area is 169 Å². The fraction of sp³-hybridized carbons (Fsp3) is 0.300. The molecule has 1 amide bonds. The third-order valence-corrected chi connectivity index (χ3v) is 5.27. The molecular weight excluding hydrogens is 383 g/mol. The maximum absolute atomic E-state index is 12.3. The van der Waals surface area contributed by atoms with Gasteiger partial charge >= 0.3 is 0 Å². The van der Waals surface area contributed by atoms with Gasteiger partial charge in [0.2, 0.25) is 5.91 Å². The lowest BCUT2D eigenvalue weighted by Gasteiger charge is -2.24. The summed E-state index contributed by atoms with van der Waals surface area (Å²) in [5.41, 5.74) is 7.51. The van der Waals surface area contributed by atoms with Gasteiger partial charge in [-0.3, -0.25) is 4.79 Å². The highest BCUT2D eigenvalue weighted by molar-refractivity contribution is 6.42. The molecule has 2 aromatic rings. The molecule has 5 nitrogen and oxygen atoms in total. The van der Waals surface area contributed by atoms with Gasteiger partial charge in [-0.2, -0.15) is 0 Å². The van der Waals surface area contributed by atoms with Crippen molar-refractivity contribution in [1.29, 1.82) is 0 Å². The first-order chi connectivity index (χ1) is 13.0. The lowest BCUT2D eigenvalue weighted by atomic mass is 9.95. The lowest BCUT2D eigenvalue weighted by molar-refractivity contribution is -0.111. The van der Waals surface area contributed by atoms with E-state index in [4.69, 9.17) is 28.9 Å². The van der Waals surface area contributed by atoms with Gasteiger partial charge in [-0.15, -0.1) is 0 Å². The number of pyridine rings is 1. The van der Waals surface area contributed by atoms with Gasteiger partial charge in [0.25, 0.3) is 0 Å². The molecule has 1 fully saturated rings. The third-order valence-electron chi connectivity index (χ3n) is 4.55. The zero-order chi connectivity index (χ0) is 19.2. The van der Waals surface area contributed by atoms with Gasteiger partial charge in [0.15, 0.2) is 0 Å². The molecule has 0 saturated heterocycles. The molecule has 27 heavy (non-hydrogen) atoms. The number of nitrogens with one attached hydrogen (secondary N) is 2. The first-order valence-corrected chi connectivity index (χ1v) is 9.73. The van der Waals surface area contributed by atoms with Crippen molar-refractivity contribution in [2.75, 3.05) is 16.4 Å². The van der Waals surface area contributed by atoms with Crippen LogP contribution in [0.5, 0.6) is 0 Å². The number of halogens is 2. The number of rotatable bonds is 5. The Morgan fingerprint density at radius 1 is 1.19 bits per heavy atom. The summed E-state index contributed by atoms with van der Waals surface area (Å²) in [6.45, 7) is 0. The lowest BCUT2D eigenvalue weighted by Crippen LogP contribution is -2.23. The standard InChI is InChI=1S/C20H22Cl2N4O/c21-15-11-17(23)18(12-16(15)22)26-19(27)9-8-13-5-4-10-24-20(13)25-14-6-2-1-3-7-14/h4-5,8-12,14H,1-3,6-7,23H2,(H,24,25)(H,26,27)/b9-8+. The van der Waals surface area contributed by atoms with Crippen LogP contribution in [0.3, 0.4) is 0 Å². The maximum atomic E-state index is 12.3. The van der Waals surface area contributed by atoms with Crippen molar-refractivity contribution < 1.29 is 4.79 Å².